The van der Waals surface area contributed by atoms with Crippen LogP contribution in [0.2, 0.25) is 0 Å². The third-order valence-electron chi connectivity index (χ3n) is 4.85. The monoisotopic (exact) mass is 321 g/mol. The molecule has 1 aliphatic carbocycles. The Hall–Kier alpha value is -0.970. The first-order chi connectivity index (χ1) is 10.7. The summed E-state index contributed by atoms with van der Waals surface area (Å²) in [7, 11) is 0. The summed E-state index contributed by atoms with van der Waals surface area (Å²) < 4.78 is 2.19. The van der Waals surface area contributed by atoms with Crippen molar-refractivity contribution in [3.8, 4) is 0 Å². The molecular weight excluding hydrogens is 294 g/mol. The molecule has 0 spiro atoms. The van der Waals surface area contributed by atoms with E-state index >= 15 is 0 Å². The first-order valence-corrected chi connectivity index (χ1v) is 9.74. The number of likely N-dealkylation sites (tertiary alicyclic amines) is 1. The molecule has 1 aliphatic heterocycles. The van der Waals surface area contributed by atoms with Crippen LogP contribution in [0.4, 0.5) is 0 Å². The van der Waals surface area contributed by atoms with E-state index in [1.54, 1.807) is 0 Å². The molecule has 22 heavy (non-hydrogen) atoms. The van der Waals surface area contributed by atoms with Crippen LogP contribution in [0.1, 0.15) is 44.3 Å². The van der Waals surface area contributed by atoms with Gasteiger partial charge in [-0.05, 0) is 57.1 Å². The van der Waals surface area contributed by atoms with Crippen LogP contribution in [0.25, 0.3) is 0 Å². The van der Waals surface area contributed by atoms with Crippen molar-refractivity contribution in [1.29, 1.82) is 0 Å². The Kier molecular flexibility index (Phi) is 5.45. The zero-order chi connectivity index (χ0) is 15.4. The number of amides is 1. The van der Waals surface area contributed by atoms with E-state index in [0.29, 0.717) is 17.7 Å². The number of piperidine rings is 1. The molecule has 1 aromatic rings. The molecule has 0 bridgehead atoms. The number of carbonyl (C=O) groups excluding carboxylic acids is 1. The zero-order valence-electron chi connectivity index (χ0n) is 13.5. The van der Waals surface area contributed by atoms with Crippen molar-refractivity contribution < 1.29 is 4.79 Å². The minimum atomic E-state index is 0.359. The van der Waals surface area contributed by atoms with Crippen LogP contribution in [0.5, 0.6) is 0 Å². The van der Waals surface area contributed by atoms with E-state index in [9.17, 15) is 4.79 Å². The summed E-state index contributed by atoms with van der Waals surface area (Å²) in [5.41, 5.74) is 0. The van der Waals surface area contributed by atoms with Gasteiger partial charge in [-0.25, -0.2) is 4.98 Å². The van der Waals surface area contributed by atoms with Gasteiger partial charge >= 0.3 is 0 Å². The number of nitrogens with zero attached hydrogens (tertiary/aromatic N) is 3. The molecule has 1 aromatic heterocycles. The molecule has 0 radical (unpaired) electrons. The summed E-state index contributed by atoms with van der Waals surface area (Å²) in [6.45, 7) is 3.96. The summed E-state index contributed by atoms with van der Waals surface area (Å²) >= 11 is 1.84. The van der Waals surface area contributed by atoms with Crippen LogP contribution in [0.3, 0.4) is 0 Å². The summed E-state index contributed by atoms with van der Waals surface area (Å²) in [5.74, 6) is 4.18. The van der Waals surface area contributed by atoms with E-state index in [0.717, 1.165) is 37.7 Å². The zero-order valence-corrected chi connectivity index (χ0v) is 14.4. The highest BCUT2D eigenvalue weighted by Crippen LogP contribution is 2.32. The predicted molar refractivity (Wildman–Crippen MR) is 91.0 cm³/mol. The average molecular weight is 321 g/mol. The van der Waals surface area contributed by atoms with Gasteiger partial charge in [0.25, 0.3) is 0 Å². The molecule has 0 aromatic carbocycles. The number of imidazole rings is 1. The molecule has 3 rings (SSSR count). The fourth-order valence-corrected chi connectivity index (χ4v) is 4.36. The van der Waals surface area contributed by atoms with E-state index in [1.165, 1.54) is 31.4 Å². The molecule has 2 aliphatic rings. The van der Waals surface area contributed by atoms with Gasteiger partial charge in [0.05, 0.1) is 5.75 Å². The number of thioether (sulfide) groups is 1. The Morgan fingerprint density at radius 2 is 2.23 bits per heavy atom. The van der Waals surface area contributed by atoms with Gasteiger partial charge in [0.15, 0.2) is 0 Å². The lowest BCUT2D eigenvalue weighted by Gasteiger charge is -2.36. The smallest absolute Gasteiger partial charge is 0.232 e. The molecule has 1 amide bonds. The second-order valence-corrected chi connectivity index (χ2v) is 7.68. The minimum Gasteiger partial charge on any atom is -0.339 e. The maximum absolute atomic E-state index is 12.5. The van der Waals surface area contributed by atoms with Crippen molar-refractivity contribution in [2.75, 3.05) is 18.1 Å². The normalized spacial score (nSPS) is 22.0. The van der Waals surface area contributed by atoms with E-state index in [4.69, 9.17) is 0 Å². The van der Waals surface area contributed by atoms with E-state index < -0.39 is 0 Å². The third-order valence-corrected chi connectivity index (χ3v) is 6.01. The number of hydrogen-bond donors (Lipinski definition) is 0. The fourth-order valence-electron chi connectivity index (χ4n) is 3.24. The molecule has 2 fully saturated rings. The third kappa shape index (κ3) is 4.28. The highest BCUT2D eigenvalue weighted by Gasteiger charge is 2.27. The van der Waals surface area contributed by atoms with Gasteiger partial charge in [0, 0.05) is 31.5 Å². The van der Waals surface area contributed by atoms with E-state index in [-0.39, 0.29) is 0 Å². The standard InChI is InChI=1S/C17H27N3OS/c1-14-18-8-11-19(14)10-7-16-4-2-3-9-20(16)17(21)13-22-12-15-5-6-15/h8,11,15-16H,2-7,9-10,12-13H2,1H3/t16-/m0/s1. The quantitative estimate of drug-likeness (QED) is 0.774. The number of carbonyl (C=O) groups is 1. The molecule has 1 atom stereocenters. The molecule has 1 saturated heterocycles. The van der Waals surface area contributed by atoms with Gasteiger partial charge in [0.2, 0.25) is 5.91 Å². The Labute approximate surface area is 137 Å². The lowest BCUT2D eigenvalue weighted by atomic mass is 9.99. The van der Waals surface area contributed by atoms with Gasteiger partial charge in [0.1, 0.15) is 5.82 Å². The van der Waals surface area contributed by atoms with Crippen molar-refractivity contribution in [3.05, 3.63) is 18.2 Å². The van der Waals surface area contributed by atoms with Crippen LogP contribution in [-0.4, -0.2) is 44.5 Å². The van der Waals surface area contributed by atoms with Gasteiger partial charge in [-0.1, -0.05) is 0 Å². The Morgan fingerprint density at radius 3 is 2.95 bits per heavy atom. The predicted octanol–water partition coefficient (Wildman–Crippen LogP) is 3.11. The molecule has 0 unspecified atom stereocenters. The van der Waals surface area contributed by atoms with Crippen LogP contribution in [0, 0.1) is 12.8 Å². The van der Waals surface area contributed by atoms with Crippen molar-refractivity contribution in [2.24, 2.45) is 5.92 Å². The van der Waals surface area contributed by atoms with Crippen molar-refractivity contribution in [1.82, 2.24) is 14.5 Å². The van der Waals surface area contributed by atoms with Crippen LogP contribution < -0.4 is 0 Å². The summed E-state index contributed by atoms with van der Waals surface area (Å²) in [4.78, 5) is 19.0. The molecule has 0 N–H and O–H groups in total. The number of hydrogen-bond acceptors (Lipinski definition) is 3. The molecular formula is C17H27N3OS. The van der Waals surface area contributed by atoms with Gasteiger partial charge in [-0.2, -0.15) is 11.8 Å². The Bertz CT molecular complexity index is 498. The molecule has 4 nitrogen and oxygen atoms in total. The SMILES string of the molecule is Cc1nccn1CC[C@@H]1CCCCN1C(=O)CSCC1CC1. The van der Waals surface area contributed by atoms with Crippen molar-refractivity contribution >= 4 is 17.7 Å². The topological polar surface area (TPSA) is 38.1 Å². The van der Waals surface area contributed by atoms with Crippen molar-refractivity contribution in [3.63, 3.8) is 0 Å². The lowest BCUT2D eigenvalue weighted by Crippen LogP contribution is -2.45. The fraction of sp³-hybridized carbons (Fsp3) is 0.765. The van der Waals surface area contributed by atoms with Gasteiger partial charge in [-0.15, -0.1) is 0 Å². The van der Waals surface area contributed by atoms with Gasteiger partial charge < -0.3 is 9.47 Å². The second kappa shape index (κ2) is 7.53. The van der Waals surface area contributed by atoms with Crippen LogP contribution in [0.15, 0.2) is 12.4 Å². The van der Waals surface area contributed by atoms with E-state index in [1.807, 2.05) is 31.1 Å². The molecule has 1 saturated carbocycles. The molecule has 2 heterocycles. The minimum absolute atomic E-state index is 0.359. The molecule has 5 heteroatoms. The number of aryl methyl sites for hydroxylation is 2. The Morgan fingerprint density at radius 1 is 1.36 bits per heavy atom. The first kappa shape index (κ1) is 15.9. The second-order valence-electron chi connectivity index (χ2n) is 6.65. The van der Waals surface area contributed by atoms with Crippen LogP contribution in [-0.2, 0) is 11.3 Å². The van der Waals surface area contributed by atoms with Gasteiger partial charge in [-0.3, -0.25) is 4.79 Å². The van der Waals surface area contributed by atoms with Crippen LogP contribution >= 0.6 is 11.8 Å². The van der Waals surface area contributed by atoms with Crippen molar-refractivity contribution in [2.45, 2.75) is 58.0 Å². The van der Waals surface area contributed by atoms with E-state index in [2.05, 4.69) is 14.5 Å². The summed E-state index contributed by atoms with van der Waals surface area (Å²) in [5, 5.41) is 0. The molecule has 122 valence electrons. The summed E-state index contributed by atoms with van der Waals surface area (Å²) in [6.07, 6.45) is 11.3. The first-order valence-electron chi connectivity index (χ1n) is 8.59. The maximum Gasteiger partial charge on any atom is 0.232 e. The highest BCUT2D eigenvalue weighted by atomic mass is 32.2. The number of rotatable bonds is 7. The number of aromatic nitrogens is 2. The maximum atomic E-state index is 12.5. The largest absolute Gasteiger partial charge is 0.339 e. The summed E-state index contributed by atoms with van der Waals surface area (Å²) in [6, 6.07) is 0.421. The average Bonchev–Trinajstić information content (AvgIpc) is 3.26. The lowest BCUT2D eigenvalue weighted by molar-refractivity contribution is -0.132. The highest BCUT2D eigenvalue weighted by molar-refractivity contribution is 7.99. The Balaban J connectivity index is 1.48.